The summed E-state index contributed by atoms with van der Waals surface area (Å²) < 4.78 is 24.3. The average Bonchev–Trinajstić information content (AvgIpc) is 3.20. The Morgan fingerprint density at radius 2 is 1.87 bits per heavy atom. The van der Waals surface area contributed by atoms with E-state index in [1.807, 2.05) is 32.0 Å². The quantitative estimate of drug-likeness (QED) is 0.671. The first-order chi connectivity index (χ1) is 14.5. The monoisotopic (exact) mass is 411 g/mol. The molecule has 9 heteroatoms. The number of hydrogen-bond donors (Lipinski definition) is 1. The SMILES string of the molecule is CC(C)[C@H](NC(=O)Cn1nnc(-c2ccc(F)cc2)n1)c1ccc2c(c1)OCCO2. The maximum Gasteiger partial charge on any atom is 0.244 e. The van der Waals surface area contributed by atoms with Gasteiger partial charge in [0, 0.05) is 5.56 Å². The second-order valence-corrected chi connectivity index (χ2v) is 7.34. The number of carbonyl (C=O) groups excluding carboxylic acids is 1. The molecule has 3 aromatic rings. The predicted octanol–water partition coefficient (Wildman–Crippen LogP) is 2.76. The second kappa shape index (κ2) is 8.48. The highest BCUT2D eigenvalue weighted by molar-refractivity contribution is 5.76. The number of fused-ring (bicyclic) bond motifs is 1. The molecule has 1 aliphatic rings. The van der Waals surface area contributed by atoms with Crippen molar-refractivity contribution in [2.24, 2.45) is 5.92 Å². The lowest BCUT2D eigenvalue weighted by Gasteiger charge is -2.25. The van der Waals surface area contributed by atoms with Crippen LogP contribution in [0, 0.1) is 11.7 Å². The third-order valence-corrected chi connectivity index (χ3v) is 4.75. The standard InChI is InChI=1S/C21H22FN5O3/c1-13(2)20(15-5-8-17-18(11-15)30-10-9-29-17)23-19(28)12-27-25-21(24-26-27)14-3-6-16(22)7-4-14/h3-8,11,13,20H,9-10,12H2,1-2H3,(H,23,28)/t20-/m0/s1. The van der Waals surface area contributed by atoms with Crippen LogP contribution in [-0.2, 0) is 11.3 Å². The fourth-order valence-electron chi connectivity index (χ4n) is 3.26. The minimum atomic E-state index is -0.343. The molecule has 156 valence electrons. The van der Waals surface area contributed by atoms with Crippen LogP contribution >= 0.6 is 0 Å². The summed E-state index contributed by atoms with van der Waals surface area (Å²) in [5.74, 6) is 1.28. The van der Waals surface area contributed by atoms with Gasteiger partial charge < -0.3 is 14.8 Å². The predicted molar refractivity (Wildman–Crippen MR) is 106 cm³/mol. The number of aromatic nitrogens is 4. The Labute approximate surface area is 173 Å². The van der Waals surface area contributed by atoms with Gasteiger partial charge in [0.05, 0.1) is 6.04 Å². The van der Waals surface area contributed by atoms with Gasteiger partial charge in [-0.2, -0.15) is 4.80 Å². The van der Waals surface area contributed by atoms with Crippen molar-refractivity contribution in [2.45, 2.75) is 26.4 Å². The Morgan fingerprint density at radius 3 is 2.60 bits per heavy atom. The molecular weight excluding hydrogens is 389 g/mol. The van der Waals surface area contributed by atoms with Gasteiger partial charge in [0.1, 0.15) is 25.6 Å². The van der Waals surface area contributed by atoms with Gasteiger partial charge in [-0.05, 0) is 53.1 Å². The molecule has 0 spiro atoms. The fourth-order valence-corrected chi connectivity index (χ4v) is 3.26. The number of rotatable bonds is 6. The van der Waals surface area contributed by atoms with E-state index in [-0.39, 0.29) is 30.2 Å². The minimum Gasteiger partial charge on any atom is -0.486 e. The molecule has 4 rings (SSSR count). The molecule has 1 atom stereocenters. The van der Waals surface area contributed by atoms with Crippen LogP contribution in [0.5, 0.6) is 11.5 Å². The number of amides is 1. The first-order valence-electron chi connectivity index (χ1n) is 9.72. The van der Waals surface area contributed by atoms with Gasteiger partial charge in [-0.3, -0.25) is 4.79 Å². The summed E-state index contributed by atoms with van der Waals surface area (Å²) in [4.78, 5) is 13.9. The molecule has 0 unspecified atom stereocenters. The molecule has 1 aromatic heterocycles. The molecule has 1 amide bonds. The molecule has 8 nitrogen and oxygen atoms in total. The van der Waals surface area contributed by atoms with Crippen molar-refractivity contribution in [3.05, 3.63) is 53.8 Å². The fraction of sp³-hybridized carbons (Fsp3) is 0.333. The number of ether oxygens (including phenoxy) is 2. The molecule has 0 saturated heterocycles. The number of carbonyl (C=O) groups is 1. The number of tetrazole rings is 1. The van der Waals surface area contributed by atoms with E-state index in [9.17, 15) is 9.18 Å². The summed E-state index contributed by atoms with van der Waals surface area (Å²) in [7, 11) is 0. The van der Waals surface area contributed by atoms with Crippen molar-refractivity contribution >= 4 is 5.91 Å². The minimum absolute atomic E-state index is 0.0814. The summed E-state index contributed by atoms with van der Waals surface area (Å²) >= 11 is 0. The Bertz CT molecular complexity index is 1040. The molecule has 30 heavy (non-hydrogen) atoms. The lowest BCUT2D eigenvalue weighted by Crippen LogP contribution is -2.34. The van der Waals surface area contributed by atoms with Crippen molar-refractivity contribution < 1.29 is 18.7 Å². The van der Waals surface area contributed by atoms with Crippen LogP contribution in [-0.4, -0.2) is 39.3 Å². The van der Waals surface area contributed by atoms with E-state index < -0.39 is 0 Å². The molecule has 2 aromatic carbocycles. The molecule has 0 fully saturated rings. The summed E-state index contributed by atoms with van der Waals surface area (Å²) in [6.45, 7) is 5.01. The van der Waals surface area contributed by atoms with Crippen molar-refractivity contribution in [1.29, 1.82) is 0 Å². The molecular formula is C21H22FN5O3. The highest BCUT2D eigenvalue weighted by atomic mass is 19.1. The van der Waals surface area contributed by atoms with Crippen LogP contribution in [0.15, 0.2) is 42.5 Å². The maximum atomic E-state index is 13.1. The Balaban J connectivity index is 1.45. The van der Waals surface area contributed by atoms with Gasteiger partial charge in [-0.25, -0.2) is 4.39 Å². The molecule has 1 aliphatic heterocycles. The number of halogens is 1. The van der Waals surface area contributed by atoms with Gasteiger partial charge in [-0.1, -0.05) is 19.9 Å². The molecule has 0 bridgehead atoms. The van der Waals surface area contributed by atoms with Crippen LogP contribution in [0.3, 0.4) is 0 Å². The smallest absolute Gasteiger partial charge is 0.244 e. The molecule has 0 saturated carbocycles. The van der Waals surface area contributed by atoms with Gasteiger partial charge in [0.25, 0.3) is 0 Å². The normalized spacial score (nSPS) is 13.9. The average molecular weight is 411 g/mol. The van der Waals surface area contributed by atoms with E-state index in [4.69, 9.17) is 9.47 Å². The lowest BCUT2D eigenvalue weighted by molar-refractivity contribution is -0.123. The lowest BCUT2D eigenvalue weighted by atomic mass is 9.95. The highest BCUT2D eigenvalue weighted by Crippen LogP contribution is 2.34. The first-order valence-corrected chi connectivity index (χ1v) is 9.72. The van der Waals surface area contributed by atoms with Crippen LogP contribution in [0.1, 0.15) is 25.5 Å². The second-order valence-electron chi connectivity index (χ2n) is 7.34. The number of nitrogens with one attached hydrogen (secondary N) is 1. The molecule has 2 heterocycles. The van der Waals surface area contributed by atoms with Crippen molar-refractivity contribution in [3.8, 4) is 22.9 Å². The zero-order valence-corrected chi connectivity index (χ0v) is 16.7. The van der Waals surface area contributed by atoms with Crippen LogP contribution in [0.2, 0.25) is 0 Å². The maximum absolute atomic E-state index is 13.1. The van der Waals surface area contributed by atoms with Crippen molar-refractivity contribution in [2.75, 3.05) is 13.2 Å². The van der Waals surface area contributed by atoms with Crippen LogP contribution in [0.4, 0.5) is 4.39 Å². The number of nitrogens with zero attached hydrogens (tertiary/aromatic N) is 4. The zero-order valence-electron chi connectivity index (χ0n) is 16.7. The molecule has 0 aliphatic carbocycles. The summed E-state index contributed by atoms with van der Waals surface area (Å²) in [6.07, 6.45) is 0. The van der Waals surface area contributed by atoms with Gasteiger partial charge >= 0.3 is 0 Å². The topological polar surface area (TPSA) is 91.2 Å². The summed E-state index contributed by atoms with van der Waals surface area (Å²) in [6, 6.07) is 11.2. The van der Waals surface area contributed by atoms with Crippen molar-refractivity contribution in [3.63, 3.8) is 0 Å². The van der Waals surface area contributed by atoms with Crippen LogP contribution in [0.25, 0.3) is 11.4 Å². The van der Waals surface area contributed by atoms with Gasteiger partial charge in [0.2, 0.25) is 11.7 Å². The Morgan fingerprint density at radius 1 is 1.13 bits per heavy atom. The highest BCUT2D eigenvalue weighted by Gasteiger charge is 2.22. The number of benzene rings is 2. The molecule has 1 N–H and O–H groups in total. The third kappa shape index (κ3) is 4.40. The zero-order chi connectivity index (χ0) is 21.1. The van der Waals surface area contributed by atoms with Crippen LogP contribution < -0.4 is 14.8 Å². The van der Waals surface area contributed by atoms with E-state index >= 15 is 0 Å². The first kappa shape index (κ1) is 19.8. The van der Waals surface area contributed by atoms with E-state index in [1.165, 1.54) is 16.9 Å². The molecule has 0 radical (unpaired) electrons. The summed E-state index contributed by atoms with van der Waals surface area (Å²) in [5, 5.41) is 15.1. The summed E-state index contributed by atoms with van der Waals surface area (Å²) in [5.41, 5.74) is 1.56. The van der Waals surface area contributed by atoms with Gasteiger partial charge in [0.15, 0.2) is 11.5 Å². The van der Waals surface area contributed by atoms with Crippen molar-refractivity contribution in [1.82, 2.24) is 25.5 Å². The third-order valence-electron chi connectivity index (χ3n) is 4.75. The van der Waals surface area contributed by atoms with E-state index in [0.29, 0.717) is 36.1 Å². The van der Waals surface area contributed by atoms with E-state index in [2.05, 4.69) is 20.7 Å². The van der Waals surface area contributed by atoms with E-state index in [0.717, 1.165) is 5.56 Å². The van der Waals surface area contributed by atoms with Gasteiger partial charge in [-0.15, -0.1) is 10.2 Å². The Hall–Kier alpha value is -3.49. The largest absolute Gasteiger partial charge is 0.486 e. The Kier molecular flexibility index (Phi) is 5.60. The number of hydrogen-bond acceptors (Lipinski definition) is 6. The van der Waals surface area contributed by atoms with E-state index in [1.54, 1.807) is 12.1 Å².